The Bertz CT molecular complexity index is 1010. The smallest absolute Gasteiger partial charge is 0.255 e. The van der Waals surface area contributed by atoms with Gasteiger partial charge in [0.2, 0.25) is 0 Å². The van der Waals surface area contributed by atoms with Crippen LogP contribution in [0.2, 0.25) is 0 Å². The molecule has 1 aromatic carbocycles. The summed E-state index contributed by atoms with van der Waals surface area (Å²) < 4.78 is 26.6. The first-order valence-corrected chi connectivity index (χ1v) is 9.62. The predicted molar refractivity (Wildman–Crippen MR) is 106 cm³/mol. The Morgan fingerprint density at radius 3 is 2.61 bits per heavy atom. The van der Waals surface area contributed by atoms with E-state index >= 15 is 0 Å². The number of H-pyrrole nitrogens is 1. The molecular formula is C22H23F2N3O. The van der Waals surface area contributed by atoms with E-state index in [1.807, 2.05) is 6.07 Å². The number of amides is 1. The number of rotatable bonds is 3. The molecule has 0 atom stereocenters. The summed E-state index contributed by atoms with van der Waals surface area (Å²) >= 11 is 0. The second kappa shape index (κ2) is 7.00. The van der Waals surface area contributed by atoms with Crippen molar-refractivity contribution in [3.05, 3.63) is 53.3 Å². The Balaban J connectivity index is 1.56. The number of alkyl halides is 2. The summed E-state index contributed by atoms with van der Waals surface area (Å²) in [6, 6.07) is 9.87. The number of nitrogens with one attached hydrogen (secondary N) is 1. The fourth-order valence-corrected chi connectivity index (χ4v) is 3.73. The van der Waals surface area contributed by atoms with Gasteiger partial charge in [-0.2, -0.15) is 0 Å². The molecule has 1 aliphatic rings. The molecule has 146 valence electrons. The number of pyridine rings is 1. The van der Waals surface area contributed by atoms with E-state index in [0.29, 0.717) is 5.56 Å². The first-order chi connectivity index (χ1) is 13.4. The van der Waals surface area contributed by atoms with Crippen LogP contribution in [0.15, 0.2) is 36.5 Å². The second-order valence-electron chi connectivity index (χ2n) is 7.49. The summed E-state index contributed by atoms with van der Waals surface area (Å²) in [5, 5.41) is 1.14. The number of likely N-dealkylation sites (tertiary alicyclic amines) is 1. The minimum atomic E-state index is -2.66. The lowest BCUT2D eigenvalue weighted by Gasteiger charge is -2.31. The molecule has 2 aromatic heterocycles. The van der Waals surface area contributed by atoms with Gasteiger partial charge in [-0.1, -0.05) is 6.92 Å². The Labute approximate surface area is 162 Å². The van der Waals surface area contributed by atoms with Gasteiger partial charge in [-0.3, -0.25) is 9.78 Å². The molecule has 0 spiro atoms. The second-order valence-corrected chi connectivity index (χ2v) is 7.49. The normalized spacial score (nSPS) is 16.5. The van der Waals surface area contributed by atoms with Crippen molar-refractivity contribution in [1.82, 2.24) is 14.9 Å². The quantitative estimate of drug-likeness (QED) is 0.694. The molecule has 1 aliphatic heterocycles. The highest BCUT2D eigenvalue weighted by Crippen LogP contribution is 2.29. The summed E-state index contributed by atoms with van der Waals surface area (Å²) in [6.45, 7) is 4.33. The SMILES string of the molecule is CCc1cc2cc(-c3ccc(C(=O)N4CCC(F)(F)CC4)cn3)cc(C)c2[nH]1. The summed E-state index contributed by atoms with van der Waals surface area (Å²) in [7, 11) is 0. The van der Waals surface area contributed by atoms with Gasteiger partial charge in [0.05, 0.1) is 11.3 Å². The molecule has 28 heavy (non-hydrogen) atoms. The zero-order chi connectivity index (χ0) is 19.9. The summed E-state index contributed by atoms with van der Waals surface area (Å²) in [5.41, 5.74) is 5.67. The van der Waals surface area contributed by atoms with Gasteiger partial charge < -0.3 is 9.88 Å². The van der Waals surface area contributed by atoms with Gasteiger partial charge >= 0.3 is 0 Å². The van der Waals surface area contributed by atoms with Crippen LogP contribution in [0.25, 0.3) is 22.2 Å². The maximum absolute atomic E-state index is 13.3. The average Bonchev–Trinajstić information content (AvgIpc) is 3.11. The van der Waals surface area contributed by atoms with E-state index in [2.05, 4.69) is 42.0 Å². The molecule has 1 amide bonds. The van der Waals surface area contributed by atoms with Crippen LogP contribution in [0.5, 0.6) is 0 Å². The summed E-state index contributed by atoms with van der Waals surface area (Å²) in [5.74, 6) is -2.90. The Kier molecular flexibility index (Phi) is 4.65. The first-order valence-electron chi connectivity index (χ1n) is 9.62. The monoisotopic (exact) mass is 383 g/mol. The number of aromatic amines is 1. The lowest BCUT2D eigenvalue weighted by atomic mass is 10.0. The van der Waals surface area contributed by atoms with Crippen molar-refractivity contribution in [2.75, 3.05) is 13.1 Å². The Morgan fingerprint density at radius 2 is 1.96 bits per heavy atom. The molecule has 3 heterocycles. The molecule has 4 nitrogen and oxygen atoms in total. The lowest BCUT2D eigenvalue weighted by molar-refractivity contribution is -0.0494. The minimum absolute atomic E-state index is 0.0801. The maximum Gasteiger partial charge on any atom is 0.255 e. The van der Waals surface area contributed by atoms with Crippen molar-refractivity contribution in [2.24, 2.45) is 0 Å². The molecule has 0 unspecified atom stereocenters. The van der Waals surface area contributed by atoms with E-state index in [1.165, 1.54) is 10.6 Å². The average molecular weight is 383 g/mol. The zero-order valence-corrected chi connectivity index (χ0v) is 16.1. The highest BCUT2D eigenvalue weighted by Gasteiger charge is 2.35. The van der Waals surface area contributed by atoms with Gasteiger partial charge in [0.25, 0.3) is 11.8 Å². The maximum atomic E-state index is 13.3. The fraction of sp³-hybridized carbons (Fsp3) is 0.364. The Morgan fingerprint density at radius 1 is 1.21 bits per heavy atom. The number of carbonyl (C=O) groups is 1. The summed E-state index contributed by atoms with van der Waals surface area (Å²) in [6.07, 6.45) is 1.93. The number of fused-ring (bicyclic) bond motifs is 1. The molecule has 0 radical (unpaired) electrons. The number of hydrogen-bond acceptors (Lipinski definition) is 2. The van der Waals surface area contributed by atoms with E-state index in [1.54, 1.807) is 12.3 Å². The first kappa shape index (κ1) is 18.6. The molecule has 0 bridgehead atoms. The standard InChI is InChI=1S/C22H23F2N3O/c1-3-18-12-17-11-16(10-14(2)20(17)26-18)19-5-4-15(13-25-19)21(28)27-8-6-22(23,24)7-9-27/h4-5,10-13,26H,3,6-9H2,1-2H3. The van der Waals surface area contributed by atoms with Crippen LogP contribution in [0.4, 0.5) is 8.78 Å². The van der Waals surface area contributed by atoms with Gasteiger partial charge in [-0.15, -0.1) is 0 Å². The number of nitrogens with zero attached hydrogens (tertiary/aromatic N) is 2. The van der Waals surface area contributed by atoms with Gasteiger partial charge in [-0.05, 0) is 49.2 Å². The molecule has 6 heteroatoms. The van der Waals surface area contributed by atoms with E-state index < -0.39 is 5.92 Å². The number of hydrogen-bond donors (Lipinski definition) is 1. The molecule has 0 saturated carbocycles. The molecule has 1 fully saturated rings. The van der Waals surface area contributed by atoms with Crippen LogP contribution in [0.1, 0.15) is 41.4 Å². The van der Waals surface area contributed by atoms with E-state index in [0.717, 1.165) is 34.1 Å². The van der Waals surface area contributed by atoms with Crippen molar-refractivity contribution >= 4 is 16.8 Å². The van der Waals surface area contributed by atoms with E-state index in [4.69, 9.17) is 0 Å². The van der Waals surface area contributed by atoms with Crippen LogP contribution in [0.3, 0.4) is 0 Å². The molecule has 1 saturated heterocycles. The lowest BCUT2D eigenvalue weighted by Crippen LogP contribution is -2.42. The van der Waals surface area contributed by atoms with Crippen molar-refractivity contribution in [1.29, 1.82) is 0 Å². The zero-order valence-electron chi connectivity index (χ0n) is 16.1. The predicted octanol–water partition coefficient (Wildman–Crippen LogP) is 4.97. The third kappa shape index (κ3) is 3.51. The molecular weight excluding hydrogens is 360 g/mol. The van der Waals surface area contributed by atoms with Gasteiger partial charge in [-0.25, -0.2) is 8.78 Å². The molecule has 4 rings (SSSR count). The molecule has 1 N–H and O–H groups in total. The van der Waals surface area contributed by atoms with Crippen molar-refractivity contribution in [3.63, 3.8) is 0 Å². The number of piperidine rings is 1. The minimum Gasteiger partial charge on any atom is -0.358 e. The number of benzene rings is 1. The topological polar surface area (TPSA) is 49.0 Å². The number of carbonyl (C=O) groups excluding carboxylic acids is 1. The van der Waals surface area contributed by atoms with Gasteiger partial charge in [0, 0.05) is 54.3 Å². The number of halogens is 2. The molecule has 3 aromatic rings. The van der Waals surface area contributed by atoms with Crippen LogP contribution in [-0.2, 0) is 6.42 Å². The van der Waals surface area contributed by atoms with Gasteiger partial charge in [0.1, 0.15) is 0 Å². The third-order valence-electron chi connectivity index (χ3n) is 5.45. The van der Waals surface area contributed by atoms with Crippen molar-refractivity contribution in [3.8, 4) is 11.3 Å². The summed E-state index contributed by atoms with van der Waals surface area (Å²) in [4.78, 5) is 21.9. The van der Waals surface area contributed by atoms with Crippen LogP contribution < -0.4 is 0 Å². The van der Waals surface area contributed by atoms with E-state index in [-0.39, 0.29) is 31.8 Å². The fourth-order valence-electron chi connectivity index (χ4n) is 3.73. The van der Waals surface area contributed by atoms with Crippen molar-refractivity contribution in [2.45, 2.75) is 39.0 Å². The number of aromatic nitrogens is 2. The van der Waals surface area contributed by atoms with Crippen molar-refractivity contribution < 1.29 is 13.6 Å². The number of aryl methyl sites for hydroxylation is 2. The van der Waals surface area contributed by atoms with Crippen LogP contribution >= 0.6 is 0 Å². The van der Waals surface area contributed by atoms with Gasteiger partial charge in [0.15, 0.2) is 0 Å². The van der Waals surface area contributed by atoms with Crippen LogP contribution in [-0.4, -0.2) is 39.8 Å². The third-order valence-corrected chi connectivity index (χ3v) is 5.45. The van der Waals surface area contributed by atoms with E-state index in [9.17, 15) is 13.6 Å². The largest absolute Gasteiger partial charge is 0.358 e. The Hall–Kier alpha value is -2.76. The highest BCUT2D eigenvalue weighted by molar-refractivity contribution is 5.94. The van der Waals surface area contributed by atoms with Crippen LogP contribution in [0, 0.1) is 6.92 Å². The molecule has 0 aliphatic carbocycles. The highest BCUT2D eigenvalue weighted by atomic mass is 19.3.